The number of piperidine rings is 1. The van der Waals surface area contributed by atoms with Crippen LogP contribution in [0.5, 0.6) is 0 Å². The minimum atomic E-state index is -1.36. The van der Waals surface area contributed by atoms with Gasteiger partial charge in [0.05, 0.1) is 6.04 Å². The molecule has 0 aliphatic carbocycles. The summed E-state index contributed by atoms with van der Waals surface area (Å²) >= 11 is 0. The number of nitrogens with one attached hydrogen (secondary N) is 1. The Morgan fingerprint density at radius 1 is 1.25 bits per heavy atom. The lowest BCUT2D eigenvalue weighted by Gasteiger charge is -2.43. The van der Waals surface area contributed by atoms with E-state index in [0.29, 0.717) is 0 Å². The summed E-state index contributed by atoms with van der Waals surface area (Å²) in [5.41, 5.74) is -1.20. The van der Waals surface area contributed by atoms with Crippen molar-refractivity contribution in [1.29, 1.82) is 0 Å². The van der Waals surface area contributed by atoms with E-state index in [0.717, 1.165) is 5.56 Å². The normalized spacial score (nSPS) is 22.3. The maximum atomic E-state index is 12.3. The molecule has 1 aliphatic rings. The van der Waals surface area contributed by atoms with E-state index in [1.807, 2.05) is 30.3 Å². The zero-order valence-corrected chi connectivity index (χ0v) is 16.7. The maximum absolute atomic E-state index is 12.3. The summed E-state index contributed by atoms with van der Waals surface area (Å²) in [4.78, 5) is 37.8. The van der Waals surface area contributed by atoms with Crippen molar-refractivity contribution in [3.8, 4) is 0 Å². The molecule has 0 saturated carbocycles. The molecule has 0 spiro atoms. The fraction of sp³-hybridized carbons (Fsp3) is 0.550. The minimum absolute atomic E-state index is 0.0686. The second-order valence-corrected chi connectivity index (χ2v) is 8.17. The van der Waals surface area contributed by atoms with E-state index in [2.05, 4.69) is 5.32 Å². The van der Waals surface area contributed by atoms with E-state index in [-0.39, 0.29) is 26.1 Å². The van der Waals surface area contributed by atoms with E-state index in [1.54, 1.807) is 20.8 Å². The largest absolute Gasteiger partial charge is 0.481 e. The standard InChI is InChI=1S/C20H28N2O6/c1-19(2,3)28-18(26)22-11-10-15(20(4,13-22)16(23)24)21-17(25)27-12-14-8-6-5-7-9-14/h5-9,15H,10-13H2,1-4H3,(H,21,25)(H,23,24)/t15-,20+/m0/s1. The van der Waals surface area contributed by atoms with Crippen LogP contribution in [-0.4, -0.2) is 52.9 Å². The van der Waals surface area contributed by atoms with E-state index in [1.165, 1.54) is 11.8 Å². The molecule has 8 nitrogen and oxygen atoms in total. The van der Waals surface area contributed by atoms with Crippen molar-refractivity contribution in [2.45, 2.75) is 52.4 Å². The second-order valence-electron chi connectivity index (χ2n) is 8.17. The third-order valence-electron chi connectivity index (χ3n) is 4.62. The molecule has 2 amide bonds. The molecule has 0 radical (unpaired) electrons. The molecule has 1 saturated heterocycles. The summed E-state index contributed by atoms with van der Waals surface area (Å²) in [6.07, 6.45) is -0.972. The predicted molar refractivity (Wildman–Crippen MR) is 102 cm³/mol. The number of hydrogen-bond acceptors (Lipinski definition) is 5. The zero-order valence-electron chi connectivity index (χ0n) is 16.7. The monoisotopic (exact) mass is 392 g/mol. The van der Waals surface area contributed by atoms with Gasteiger partial charge >= 0.3 is 18.2 Å². The molecule has 1 fully saturated rings. The Labute approximate surface area is 164 Å². The Kier molecular flexibility index (Phi) is 6.53. The average Bonchev–Trinajstić information content (AvgIpc) is 2.61. The van der Waals surface area contributed by atoms with Crippen LogP contribution in [0.1, 0.15) is 39.7 Å². The van der Waals surface area contributed by atoms with Crippen molar-refractivity contribution >= 4 is 18.2 Å². The molecule has 2 N–H and O–H groups in total. The fourth-order valence-electron chi connectivity index (χ4n) is 3.03. The molecule has 2 atom stereocenters. The molecule has 8 heteroatoms. The number of rotatable bonds is 4. The molecular formula is C20H28N2O6. The van der Waals surface area contributed by atoms with Crippen molar-refractivity contribution in [1.82, 2.24) is 10.2 Å². The summed E-state index contributed by atoms with van der Waals surface area (Å²) in [5, 5.41) is 12.4. The first-order valence-electron chi connectivity index (χ1n) is 9.20. The van der Waals surface area contributed by atoms with Gasteiger partial charge in [0.15, 0.2) is 0 Å². The van der Waals surface area contributed by atoms with Crippen LogP contribution in [0.4, 0.5) is 9.59 Å². The van der Waals surface area contributed by atoms with Crippen LogP contribution in [0.25, 0.3) is 0 Å². The molecule has 28 heavy (non-hydrogen) atoms. The highest BCUT2D eigenvalue weighted by Crippen LogP contribution is 2.31. The van der Waals surface area contributed by atoms with Crippen LogP contribution in [0.15, 0.2) is 30.3 Å². The number of aliphatic carboxylic acids is 1. The van der Waals surface area contributed by atoms with Gasteiger partial charge in [0.25, 0.3) is 0 Å². The summed E-state index contributed by atoms with van der Waals surface area (Å²) < 4.78 is 10.5. The summed E-state index contributed by atoms with van der Waals surface area (Å²) in [6.45, 7) is 7.05. The lowest BCUT2D eigenvalue weighted by Crippen LogP contribution is -2.61. The third-order valence-corrected chi connectivity index (χ3v) is 4.62. The summed E-state index contributed by atoms with van der Waals surface area (Å²) in [5.74, 6) is -1.10. The lowest BCUT2D eigenvalue weighted by molar-refractivity contribution is -0.152. The Balaban J connectivity index is 1.99. The molecule has 154 valence electrons. The maximum Gasteiger partial charge on any atom is 0.410 e. The van der Waals surface area contributed by atoms with Gasteiger partial charge in [-0.25, -0.2) is 9.59 Å². The first kappa shape index (κ1) is 21.5. The first-order valence-corrected chi connectivity index (χ1v) is 9.20. The van der Waals surface area contributed by atoms with Gasteiger partial charge in [0.2, 0.25) is 0 Å². The Hall–Kier alpha value is -2.77. The lowest BCUT2D eigenvalue weighted by atomic mass is 9.77. The number of carboxylic acids is 1. The smallest absolute Gasteiger partial charge is 0.410 e. The van der Waals surface area contributed by atoms with Gasteiger partial charge in [-0.15, -0.1) is 0 Å². The van der Waals surface area contributed by atoms with Gasteiger partial charge in [-0.2, -0.15) is 0 Å². The van der Waals surface area contributed by atoms with Crippen LogP contribution >= 0.6 is 0 Å². The van der Waals surface area contributed by atoms with Crippen molar-refractivity contribution < 1.29 is 29.0 Å². The van der Waals surface area contributed by atoms with Gasteiger partial charge < -0.3 is 24.8 Å². The van der Waals surface area contributed by atoms with Crippen LogP contribution in [0.2, 0.25) is 0 Å². The minimum Gasteiger partial charge on any atom is -0.481 e. The number of carboxylic acid groups (broad SMARTS) is 1. The Morgan fingerprint density at radius 2 is 1.89 bits per heavy atom. The van der Waals surface area contributed by atoms with E-state index in [4.69, 9.17) is 9.47 Å². The molecule has 1 heterocycles. The van der Waals surface area contributed by atoms with Crippen LogP contribution in [0, 0.1) is 5.41 Å². The van der Waals surface area contributed by atoms with E-state index < -0.39 is 35.2 Å². The first-order chi connectivity index (χ1) is 13.0. The topological polar surface area (TPSA) is 105 Å². The molecule has 0 unspecified atom stereocenters. The molecule has 2 rings (SSSR count). The average molecular weight is 392 g/mol. The van der Waals surface area contributed by atoms with Crippen molar-refractivity contribution in [2.24, 2.45) is 5.41 Å². The molecular weight excluding hydrogens is 364 g/mol. The number of ether oxygens (including phenoxy) is 2. The van der Waals surface area contributed by atoms with Crippen molar-refractivity contribution in [3.05, 3.63) is 35.9 Å². The zero-order chi connectivity index (χ0) is 20.9. The number of nitrogens with zero attached hydrogens (tertiary/aromatic N) is 1. The highest BCUT2D eigenvalue weighted by Gasteiger charge is 2.48. The predicted octanol–water partition coefficient (Wildman–Crippen LogP) is 3.01. The highest BCUT2D eigenvalue weighted by molar-refractivity contribution is 5.79. The van der Waals surface area contributed by atoms with Gasteiger partial charge in [-0.1, -0.05) is 30.3 Å². The van der Waals surface area contributed by atoms with E-state index in [9.17, 15) is 19.5 Å². The van der Waals surface area contributed by atoms with Crippen molar-refractivity contribution in [2.75, 3.05) is 13.1 Å². The van der Waals surface area contributed by atoms with E-state index >= 15 is 0 Å². The molecule has 0 aromatic heterocycles. The quantitative estimate of drug-likeness (QED) is 0.816. The Morgan fingerprint density at radius 3 is 2.46 bits per heavy atom. The number of hydrogen-bond donors (Lipinski definition) is 2. The second kappa shape index (κ2) is 8.50. The summed E-state index contributed by atoms with van der Waals surface area (Å²) in [7, 11) is 0. The number of carbonyl (C=O) groups is 3. The Bertz CT molecular complexity index is 715. The molecule has 1 aromatic carbocycles. The molecule has 0 bridgehead atoms. The van der Waals surface area contributed by atoms with Crippen LogP contribution in [-0.2, 0) is 20.9 Å². The van der Waals surface area contributed by atoms with Gasteiger partial charge in [0.1, 0.15) is 17.6 Å². The molecule has 1 aliphatic heterocycles. The number of carbonyl (C=O) groups excluding carboxylic acids is 2. The van der Waals surface area contributed by atoms with Gasteiger partial charge in [-0.3, -0.25) is 4.79 Å². The number of alkyl carbamates (subject to hydrolysis) is 1. The van der Waals surface area contributed by atoms with Crippen LogP contribution < -0.4 is 5.32 Å². The summed E-state index contributed by atoms with van der Waals surface area (Å²) in [6, 6.07) is 8.52. The van der Waals surface area contributed by atoms with Crippen LogP contribution in [0.3, 0.4) is 0 Å². The fourth-order valence-corrected chi connectivity index (χ4v) is 3.03. The number of benzene rings is 1. The molecule has 1 aromatic rings. The highest BCUT2D eigenvalue weighted by atomic mass is 16.6. The van der Waals surface area contributed by atoms with Crippen molar-refractivity contribution in [3.63, 3.8) is 0 Å². The number of likely N-dealkylation sites (tertiary alicyclic amines) is 1. The van der Waals surface area contributed by atoms with Gasteiger partial charge in [0, 0.05) is 13.1 Å². The van der Waals surface area contributed by atoms with Gasteiger partial charge in [-0.05, 0) is 39.7 Å². The number of amides is 2. The SMILES string of the molecule is CC(C)(C)OC(=O)N1CC[C@H](NC(=O)OCc2ccccc2)[C@](C)(C(=O)O)C1. The third kappa shape index (κ3) is 5.61.